The zero-order valence-corrected chi connectivity index (χ0v) is 11.0. The van der Waals surface area contributed by atoms with Crippen LogP contribution in [0.3, 0.4) is 0 Å². The Morgan fingerprint density at radius 2 is 2.35 bits per heavy atom. The Morgan fingerprint density at radius 1 is 1.59 bits per heavy atom. The summed E-state index contributed by atoms with van der Waals surface area (Å²) in [4.78, 5) is 15.8. The first kappa shape index (κ1) is 12.1. The molecular formula is C10H11ClN4OS. The van der Waals surface area contributed by atoms with Crippen molar-refractivity contribution in [2.75, 3.05) is 5.32 Å². The summed E-state index contributed by atoms with van der Waals surface area (Å²) in [6.07, 6.45) is 1.63. The van der Waals surface area contributed by atoms with Crippen molar-refractivity contribution in [1.82, 2.24) is 14.8 Å². The summed E-state index contributed by atoms with van der Waals surface area (Å²) in [5, 5.41) is 9.85. The first-order valence-corrected chi connectivity index (χ1v) is 6.22. The molecule has 0 fully saturated rings. The molecule has 7 heteroatoms. The molecule has 0 radical (unpaired) electrons. The van der Waals surface area contributed by atoms with Crippen molar-refractivity contribution in [1.29, 1.82) is 0 Å². The molecule has 0 aromatic carbocycles. The summed E-state index contributed by atoms with van der Waals surface area (Å²) in [7, 11) is 0. The largest absolute Gasteiger partial charge is 0.300 e. The topological polar surface area (TPSA) is 59.8 Å². The molecule has 0 atom stereocenters. The lowest BCUT2D eigenvalue weighted by atomic mass is 10.5. The number of anilines is 1. The van der Waals surface area contributed by atoms with Gasteiger partial charge in [-0.25, -0.2) is 4.98 Å². The van der Waals surface area contributed by atoms with E-state index in [1.807, 2.05) is 12.3 Å². The van der Waals surface area contributed by atoms with Gasteiger partial charge in [0.1, 0.15) is 6.54 Å². The smallest absolute Gasteiger partial charge is 0.247 e. The second-order valence-corrected chi connectivity index (χ2v) is 4.87. The van der Waals surface area contributed by atoms with E-state index in [1.165, 1.54) is 16.0 Å². The molecule has 2 heterocycles. The highest BCUT2D eigenvalue weighted by atomic mass is 35.5. The van der Waals surface area contributed by atoms with Crippen LogP contribution in [0, 0.1) is 13.8 Å². The van der Waals surface area contributed by atoms with Gasteiger partial charge in [0.25, 0.3) is 0 Å². The predicted molar refractivity (Wildman–Crippen MR) is 67.5 cm³/mol. The van der Waals surface area contributed by atoms with E-state index < -0.39 is 0 Å². The van der Waals surface area contributed by atoms with Gasteiger partial charge in [0.2, 0.25) is 5.91 Å². The molecule has 0 aliphatic carbocycles. The summed E-state index contributed by atoms with van der Waals surface area (Å²) in [5.41, 5.74) is 1.60. The molecule has 0 aliphatic heterocycles. The first-order chi connectivity index (χ1) is 8.04. The lowest BCUT2D eigenvalue weighted by Crippen LogP contribution is -2.19. The van der Waals surface area contributed by atoms with Gasteiger partial charge in [-0.3, -0.25) is 9.48 Å². The maximum absolute atomic E-state index is 11.7. The van der Waals surface area contributed by atoms with E-state index in [9.17, 15) is 4.79 Å². The van der Waals surface area contributed by atoms with E-state index in [-0.39, 0.29) is 12.5 Å². The summed E-state index contributed by atoms with van der Waals surface area (Å²) >= 11 is 7.25. The number of aromatic nitrogens is 3. The summed E-state index contributed by atoms with van der Waals surface area (Å²) in [6.45, 7) is 3.80. The lowest BCUT2D eigenvalue weighted by Gasteiger charge is -2.01. The number of hydrogen-bond donors (Lipinski definition) is 1. The Labute approximate surface area is 107 Å². The number of amides is 1. The first-order valence-electron chi connectivity index (χ1n) is 4.96. The van der Waals surface area contributed by atoms with E-state index in [0.717, 1.165) is 5.69 Å². The molecule has 17 heavy (non-hydrogen) atoms. The van der Waals surface area contributed by atoms with Crippen molar-refractivity contribution >= 4 is 34.0 Å². The van der Waals surface area contributed by atoms with E-state index in [4.69, 9.17) is 11.6 Å². The molecule has 0 aliphatic rings. The molecule has 5 nitrogen and oxygen atoms in total. The van der Waals surface area contributed by atoms with Crippen LogP contribution in [0.5, 0.6) is 0 Å². The number of aryl methyl sites for hydroxylation is 2. The van der Waals surface area contributed by atoms with Gasteiger partial charge >= 0.3 is 0 Å². The van der Waals surface area contributed by atoms with Crippen LogP contribution >= 0.6 is 22.9 Å². The van der Waals surface area contributed by atoms with Crippen molar-refractivity contribution in [3.05, 3.63) is 28.0 Å². The molecule has 1 N–H and O–H groups in total. The van der Waals surface area contributed by atoms with Gasteiger partial charge in [0, 0.05) is 11.6 Å². The summed E-state index contributed by atoms with van der Waals surface area (Å²) in [5.74, 6) is -0.168. The van der Waals surface area contributed by atoms with Crippen molar-refractivity contribution in [3.8, 4) is 0 Å². The molecule has 0 unspecified atom stereocenters. The van der Waals surface area contributed by atoms with Crippen LogP contribution in [0.25, 0.3) is 0 Å². The average molecular weight is 271 g/mol. The van der Waals surface area contributed by atoms with Gasteiger partial charge in [0.05, 0.1) is 16.4 Å². The fraction of sp³-hybridized carbons (Fsp3) is 0.300. The Balaban J connectivity index is 1.97. The van der Waals surface area contributed by atoms with Crippen LogP contribution in [0.15, 0.2) is 11.6 Å². The number of hydrogen-bond acceptors (Lipinski definition) is 4. The third-order valence-corrected chi connectivity index (χ3v) is 3.30. The molecule has 1 amide bonds. The Hall–Kier alpha value is -1.40. The standard InChI is InChI=1S/C10H11ClN4OS/c1-6-5-17-10(12-6)13-9(16)4-15-3-8(11)7(2)14-15/h3,5H,4H2,1-2H3,(H,12,13,16). The van der Waals surface area contributed by atoms with Gasteiger partial charge in [-0.15, -0.1) is 11.3 Å². The fourth-order valence-corrected chi connectivity index (χ4v) is 2.15. The number of carbonyl (C=O) groups excluding carboxylic acids is 1. The highest BCUT2D eigenvalue weighted by molar-refractivity contribution is 7.13. The van der Waals surface area contributed by atoms with Crippen LogP contribution in [-0.2, 0) is 11.3 Å². The highest BCUT2D eigenvalue weighted by Gasteiger charge is 2.08. The monoisotopic (exact) mass is 270 g/mol. The quantitative estimate of drug-likeness (QED) is 0.931. The predicted octanol–water partition coefficient (Wildman–Crippen LogP) is 2.25. The van der Waals surface area contributed by atoms with Crippen LogP contribution in [-0.4, -0.2) is 20.7 Å². The molecule has 2 rings (SSSR count). The molecule has 0 saturated carbocycles. The third-order valence-electron chi connectivity index (χ3n) is 2.06. The van der Waals surface area contributed by atoms with Crippen LogP contribution in [0.1, 0.15) is 11.4 Å². The number of rotatable bonds is 3. The molecule has 0 saturated heterocycles. The van der Waals surface area contributed by atoms with Crippen LogP contribution < -0.4 is 5.32 Å². The number of halogens is 1. The van der Waals surface area contributed by atoms with E-state index in [1.54, 1.807) is 13.1 Å². The molecule has 0 bridgehead atoms. The van der Waals surface area contributed by atoms with Crippen molar-refractivity contribution in [2.24, 2.45) is 0 Å². The molecular weight excluding hydrogens is 260 g/mol. The van der Waals surface area contributed by atoms with Gasteiger partial charge < -0.3 is 5.32 Å². The van der Waals surface area contributed by atoms with Crippen molar-refractivity contribution in [3.63, 3.8) is 0 Å². The van der Waals surface area contributed by atoms with E-state index in [0.29, 0.717) is 15.8 Å². The highest BCUT2D eigenvalue weighted by Crippen LogP contribution is 2.15. The molecule has 0 spiro atoms. The SMILES string of the molecule is Cc1csc(NC(=O)Cn2cc(Cl)c(C)n2)n1. The lowest BCUT2D eigenvalue weighted by molar-refractivity contribution is -0.116. The van der Waals surface area contributed by atoms with Crippen molar-refractivity contribution in [2.45, 2.75) is 20.4 Å². The number of nitrogens with one attached hydrogen (secondary N) is 1. The minimum atomic E-state index is -0.168. The van der Waals surface area contributed by atoms with E-state index >= 15 is 0 Å². The van der Waals surface area contributed by atoms with Crippen LogP contribution in [0.2, 0.25) is 5.02 Å². The fourth-order valence-electron chi connectivity index (χ4n) is 1.29. The second-order valence-electron chi connectivity index (χ2n) is 3.60. The van der Waals surface area contributed by atoms with E-state index in [2.05, 4.69) is 15.4 Å². The summed E-state index contributed by atoms with van der Waals surface area (Å²) < 4.78 is 1.51. The Bertz CT molecular complexity index is 529. The number of nitrogens with zero attached hydrogens (tertiary/aromatic N) is 3. The average Bonchev–Trinajstić information content (AvgIpc) is 2.75. The summed E-state index contributed by atoms with van der Waals surface area (Å²) in [6, 6.07) is 0. The zero-order chi connectivity index (χ0) is 12.4. The minimum Gasteiger partial charge on any atom is -0.300 e. The van der Waals surface area contributed by atoms with Crippen molar-refractivity contribution < 1.29 is 4.79 Å². The van der Waals surface area contributed by atoms with Gasteiger partial charge in [0.15, 0.2) is 5.13 Å². The maximum Gasteiger partial charge on any atom is 0.247 e. The normalized spacial score (nSPS) is 10.5. The van der Waals surface area contributed by atoms with Gasteiger partial charge in [-0.2, -0.15) is 5.10 Å². The second kappa shape index (κ2) is 4.85. The number of thiazole rings is 1. The van der Waals surface area contributed by atoms with Gasteiger partial charge in [-0.05, 0) is 13.8 Å². The molecule has 2 aromatic heterocycles. The van der Waals surface area contributed by atoms with Gasteiger partial charge in [-0.1, -0.05) is 11.6 Å². The Kier molecular flexibility index (Phi) is 3.44. The minimum absolute atomic E-state index is 0.131. The Morgan fingerprint density at radius 3 is 2.88 bits per heavy atom. The van der Waals surface area contributed by atoms with Crippen LogP contribution in [0.4, 0.5) is 5.13 Å². The molecule has 90 valence electrons. The third kappa shape index (κ3) is 3.04. The number of carbonyl (C=O) groups is 1. The molecule has 2 aromatic rings. The zero-order valence-electron chi connectivity index (χ0n) is 9.40. The maximum atomic E-state index is 11.7.